The Hall–Kier alpha value is -1.67. The van der Waals surface area contributed by atoms with Crippen molar-refractivity contribution in [3.8, 4) is 0 Å². The molecule has 1 aliphatic heterocycles. The van der Waals surface area contributed by atoms with E-state index in [1.54, 1.807) is 24.0 Å². The summed E-state index contributed by atoms with van der Waals surface area (Å²) in [6.07, 6.45) is 1.37. The Kier molecular flexibility index (Phi) is 5.76. The quantitative estimate of drug-likeness (QED) is 0.705. The van der Waals surface area contributed by atoms with Crippen molar-refractivity contribution < 1.29 is 13.2 Å². The van der Waals surface area contributed by atoms with Crippen LogP contribution < -0.4 is 0 Å². The Morgan fingerprint density at radius 3 is 2.37 bits per heavy atom. The smallest absolute Gasteiger partial charge is 0.255 e. The molecule has 0 bridgehead atoms. The molecule has 144 valence electrons. The average molecular weight is 428 g/mol. The first kappa shape index (κ1) is 20.1. The normalized spacial score (nSPS) is 15.8. The van der Waals surface area contributed by atoms with E-state index in [0.717, 1.165) is 5.56 Å². The molecule has 0 aliphatic carbocycles. The maximum absolute atomic E-state index is 13.0. The number of halogens is 2. The number of nitrogens with zero attached hydrogens (tertiary/aromatic N) is 3. The van der Waals surface area contributed by atoms with E-state index in [0.29, 0.717) is 29.1 Å². The third-order valence-corrected chi connectivity index (χ3v) is 7.26. The molecule has 27 heavy (non-hydrogen) atoms. The van der Waals surface area contributed by atoms with Crippen molar-refractivity contribution in [1.82, 2.24) is 14.2 Å². The van der Waals surface area contributed by atoms with Crippen LogP contribution in [0.3, 0.4) is 0 Å². The number of hydrogen-bond donors (Lipinski definition) is 0. The zero-order chi connectivity index (χ0) is 19.8. The summed E-state index contributed by atoms with van der Waals surface area (Å²) in [6.45, 7) is 4.70. The summed E-state index contributed by atoms with van der Waals surface area (Å²) in [5, 5.41) is 0.344. The van der Waals surface area contributed by atoms with Gasteiger partial charge in [-0.15, -0.1) is 0 Å². The van der Waals surface area contributed by atoms with Crippen LogP contribution in [-0.2, 0) is 10.0 Å². The van der Waals surface area contributed by atoms with Gasteiger partial charge >= 0.3 is 0 Å². The molecule has 1 fully saturated rings. The molecule has 0 N–H and O–H groups in total. The van der Waals surface area contributed by atoms with Gasteiger partial charge in [-0.25, -0.2) is 13.4 Å². The third-order valence-electron chi connectivity index (χ3n) is 4.53. The molecule has 0 radical (unpaired) electrons. The van der Waals surface area contributed by atoms with Crippen LogP contribution in [-0.4, -0.2) is 54.7 Å². The van der Waals surface area contributed by atoms with E-state index in [2.05, 4.69) is 4.98 Å². The van der Waals surface area contributed by atoms with Crippen LogP contribution in [0.15, 0.2) is 35.4 Å². The van der Waals surface area contributed by atoms with Gasteiger partial charge in [-0.05, 0) is 37.1 Å². The molecule has 3 rings (SSSR count). The van der Waals surface area contributed by atoms with E-state index < -0.39 is 10.0 Å². The SMILES string of the molecule is Cc1ccc(C)c(S(=O)(=O)N2CCN(C(=O)c3cnc(Cl)c(Cl)c3)CC2)c1. The predicted molar refractivity (Wildman–Crippen MR) is 105 cm³/mol. The summed E-state index contributed by atoms with van der Waals surface area (Å²) in [5.41, 5.74) is 1.93. The number of amides is 1. The zero-order valence-electron chi connectivity index (χ0n) is 14.9. The fraction of sp³-hybridized carbons (Fsp3) is 0.333. The zero-order valence-corrected chi connectivity index (χ0v) is 17.3. The lowest BCUT2D eigenvalue weighted by atomic mass is 10.2. The van der Waals surface area contributed by atoms with E-state index in [-0.39, 0.29) is 29.2 Å². The molecule has 2 heterocycles. The highest BCUT2D eigenvalue weighted by atomic mass is 35.5. The van der Waals surface area contributed by atoms with Crippen molar-refractivity contribution in [2.75, 3.05) is 26.2 Å². The molecule has 1 aliphatic rings. The van der Waals surface area contributed by atoms with Crippen molar-refractivity contribution in [1.29, 1.82) is 0 Å². The number of rotatable bonds is 3. The van der Waals surface area contributed by atoms with Gasteiger partial charge in [-0.2, -0.15) is 4.31 Å². The number of carbonyl (C=O) groups excluding carboxylic acids is 1. The Morgan fingerprint density at radius 2 is 1.74 bits per heavy atom. The molecule has 0 atom stereocenters. The summed E-state index contributed by atoms with van der Waals surface area (Å²) >= 11 is 11.7. The first-order valence-corrected chi connectivity index (χ1v) is 10.6. The van der Waals surface area contributed by atoms with Crippen LogP contribution in [0.2, 0.25) is 10.2 Å². The molecular weight excluding hydrogens is 409 g/mol. The molecule has 1 aromatic heterocycles. The van der Waals surface area contributed by atoms with Gasteiger partial charge in [0, 0.05) is 32.4 Å². The number of carbonyl (C=O) groups is 1. The summed E-state index contributed by atoms with van der Waals surface area (Å²) in [7, 11) is -3.60. The maximum Gasteiger partial charge on any atom is 0.255 e. The second-order valence-electron chi connectivity index (χ2n) is 6.46. The number of benzene rings is 1. The summed E-state index contributed by atoms with van der Waals surface area (Å²) in [4.78, 5) is 18.4. The van der Waals surface area contributed by atoms with Gasteiger partial charge in [0.15, 0.2) is 0 Å². The van der Waals surface area contributed by atoms with Gasteiger partial charge in [-0.3, -0.25) is 4.79 Å². The van der Waals surface area contributed by atoms with Gasteiger partial charge in [0.05, 0.1) is 15.5 Å². The Bertz CT molecular complexity index is 987. The summed E-state index contributed by atoms with van der Waals surface area (Å²) in [5.74, 6) is -0.246. The van der Waals surface area contributed by atoms with E-state index in [1.165, 1.54) is 16.6 Å². The van der Waals surface area contributed by atoms with Crippen molar-refractivity contribution in [3.63, 3.8) is 0 Å². The van der Waals surface area contributed by atoms with Gasteiger partial charge in [0.1, 0.15) is 5.15 Å². The molecule has 0 unspecified atom stereocenters. The molecule has 6 nitrogen and oxygen atoms in total. The maximum atomic E-state index is 13.0. The van der Waals surface area contributed by atoms with Gasteiger partial charge in [0.2, 0.25) is 10.0 Å². The second-order valence-corrected chi connectivity index (χ2v) is 9.13. The van der Waals surface area contributed by atoms with Crippen molar-refractivity contribution in [2.45, 2.75) is 18.7 Å². The van der Waals surface area contributed by atoms with Gasteiger partial charge < -0.3 is 4.90 Å². The predicted octanol–water partition coefficient (Wildman–Crippen LogP) is 3.15. The lowest BCUT2D eigenvalue weighted by Gasteiger charge is -2.34. The van der Waals surface area contributed by atoms with E-state index in [4.69, 9.17) is 23.2 Å². The fourth-order valence-corrected chi connectivity index (χ4v) is 4.98. The van der Waals surface area contributed by atoms with Crippen LogP contribution in [0.1, 0.15) is 21.5 Å². The molecule has 0 saturated carbocycles. The highest BCUT2D eigenvalue weighted by Crippen LogP contribution is 2.24. The summed E-state index contributed by atoms with van der Waals surface area (Å²) < 4.78 is 27.4. The number of hydrogen-bond acceptors (Lipinski definition) is 4. The number of sulfonamides is 1. The first-order chi connectivity index (χ1) is 12.7. The largest absolute Gasteiger partial charge is 0.336 e. The molecule has 0 spiro atoms. The number of pyridine rings is 1. The Balaban J connectivity index is 1.73. The van der Waals surface area contributed by atoms with Gasteiger partial charge in [-0.1, -0.05) is 35.3 Å². The van der Waals surface area contributed by atoms with E-state index in [9.17, 15) is 13.2 Å². The van der Waals surface area contributed by atoms with Crippen LogP contribution >= 0.6 is 23.2 Å². The van der Waals surface area contributed by atoms with Crippen LogP contribution in [0.25, 0.3) is 0 Å². The standard InChI is InChI=1S/C18H19Cl2N3O3S/c1-12-3-4-13(2)16(9-12)27(25,26)23-7-5-22(6-8-23)18(24)14-10-15(19)17(20)21-11-14/h3-4,9-11H,5-8H2,1-2H3. The van der Waals surface area contributed by atoms with Crippen LogP contribution in [0, 0.1) is 13.8 Å². The highest BCUT2D eigenvalue weighted by molar-refractivity contribution is 7.89. The minimum atomic E-state index is -3.60. The first-order valence-electron chi connectivity index (χ1n) is 8.38. The van der Waals surface area contributed by atoms with Crippen molar-refractivity contribution in [3.05, 3.63) is 57.3 Å². The number of aryl methyl sites for hydroxylation is 2. The molecule has 2 aromatic rings. The number of piperazine rings is 1. The van der Waals surface area contributed by atoms with Crippen LogP contribution in [0.4, 0.5) is 0 Å². The molecular formula is C18H19Cl2N3O3S. The van der Waals surface area contributed by atoms with E-state index >= 15 is 0 Å². The summed E-state index contributed by atoms with van der Waals surface area (Å²) in [6, 6.07) is 6.84. The number of aromatic nitrogens is 1. The van der Waals surface area contributed by atoms with Crippen LogP contribution in [0.5, 0.6) is 0 Å². The fourth-order valence-electron chi connectivity index (χ4n) is 2.98. The Labute approximate surface area is 168 Å². The molecule has 1 saturated heterocycles. The molecule has 1 amide bonds. The second kappa shape index (κ2) is 7.75. The Morgan fingerprint density at radius 1 is 1.07 bits per heavy atom. The minimum absolute atomic E-state index is 0.137. The molecule has 9 heteroatoms. The van der Waals surface area contributed by atoms with Gasteiger partial charge in [0.25, 0.3) is 5.91 Å². The average Bonchev–Trinajstić information content (AvgIpc) is 2.65. The molecule has 1 aromatic carbocycles. The van der Waals surface area contributed by atoms with Crippen molar-refractivity contribution in [2.24, 2.45) is 0 Å². The van der Waals surface area contributed by atoms with E-state index in [1.807, 2.05) is 13.0 Å². The lowest BCUT2D eigenvalue weighted by Crippen LogP contribution is -2.50. The minimum Gasteiger partial charge on any atom is -0.336 e. The highest BCUT2D eigenvalue weighted by Gasteiger charge is 2.31. The van der Waals surface area contributed by atoms with Crippen molar-refractivity contribution >= 4 is 39.1 Å². The third kappa shape index (κ3) is 4.11. The lowest BCUT2D eigenvalue weighted by molar-refractivity contribution is 0.0697. The topological polar surface area (TPSA) is 70.6 Å². The monoisotopic (exact) mass is 427 g/mol.